The maximum Gasteiger partial charge on any atom is 0.147 e. The summed E-state index contributed by atoms with van der Waals surface area (Å²) in [5.74, 6) is 0.535. The van der Waals surface area contributed by atoms with E-state index in [-0.39, 0.29) is 0 Å². The predicted octanol–water partition coefficient (Wildman–Crippen LogP) is 1.91. The second-order valence-corrected chi connectivity index (χ2v) is 3.11. The van der Waals surface area contributed by atoms with Crippen molar-refractivity contribution in [3.8, 4) is 0 Å². The Bertz CT molecular complexity index is 393. The topological polar surface area (TPSA) is 54.7 Å². The van der Waals surface area contributed by atoms with Crippen LogP contribution in [0.25, 0.3) is 10.9 Å². The van der Waals surface area contributed by atoms with Crippen molar-refractivity contribution in [1.82, 2.24) is 9.97 Å². The Kier molecular flexibility index (Phi) is 1.35. The summed E-state index contributed by atoms with van der Waals surface area (Å²) in [6.07, 6.45) is 3.54. The zero-order chi connectivity index (χ0) is 7.84. The largest absolute Gasteiger partial charge is 0.382 e. The number of hydrogen-bond donors (Lipinski definition) is 2. The molecule has 0 unspecified atom stereocenters. The number of pyridine rings is 1. The minimum absolute atomic E-state index is 0.535. The molecule has 0 fully saturated rings. The van der Waals surface area contributed by atoms with E-state index >= 15 is 0 Å². The Hall–Kier alpha value is -1.03. The summed E-state index contributed by atoms with van der Waals surface area (Å²) in [5.41, 5.74) is 6.49. The quantitative estimate of drug-likeness (QED) is 0.700. The lowest BCUT2D eigenvalue weighted by Gasteiger charge is -1.92. The van der Waals surface area contributed by atoms with E-state index in [0.29, 0.717) is 5.82 Å². The lowest BCUT2D eigenvalue weighted by atomic mass is 10.3. The number of hydrogen-bond acceptors (Lipinski definition) is 2. The van der Waals surface area contributed by atoms with Crippen LogP contribution < -0.4 is 5.73 Å². The van der Waals surface area contributed by atoms with E-state index in [1.807, 2.05) is 12.3 Å². The fourth-order valence-electron chi connectivity index (χ4n) is 1.04. The van der Waals surface area contributed by atoms with Gasteiger partial charge in [0, 0.05) is 22.3 Å². The maximum absolute atomic E-state index is 5.61. The fourth-order valence-corrected chi connectivity index (χ4v) is 1.49. The monoisotopic (exact) mass is 211 g/mol. The number of halogens is 1. The van der Waals surface area contributed by atoms with Gasteiger partial charge in [0.05, 0.1) is 5.52 Å². The Morgan fingerprint density at radius 2 is 2.36 bits per heavy atom. The summed E-state index contributed by atoms with van der Waals surface area (Å²) < 4.78 is 1.02. The molecule has 0 bridgehead atoms. The second kappa shape index (κ2) is 2.23. The van der Waals surface area contributed by atoms with E-state index in [1.165, 1.54) is 0 Å². The van der Waals surface area contributed by atoms with Gasteiger partial charge in [-0.1, -0.05) is 0 Å². The molecule has 2 heterocycles. The molecule has 0 aliphatic rings. The molecule has 0 spiro atoms. The van der Waals surface area contributed by atoms with Crippen LogP contribution in [-0.4, -0.2) is 9.97 Å². The summed E-state index contributed by atoms with van der Waals surface area (Å²) in [5, 5.41) is 1.07. The number of nitrogen functional groups attached to an aromatic ring is 1. The third kappa shape index (κ3) is 0.903. The summed E-state index contributed by atoms with van der Waals surface area (Å²) in [6, 6.07) is 1.91. The number of nitrogens with two attached hydrogens (primary N) is 1. The Labute approximate surface area is 71.7 Å². The smallest absolute Gasteiger partial charge is 0.147 e. The van der Waals surface area contributed by atoms with Gasteiger partial charge in [-0.25, -0.2) is 4.98 Å². The number of aromatic nitrogens is 2. The van der Waals surface area contributed by atoms with Crippen molar-refractivity contribution >= 4 is 32.7 Å². The number of aromatic amines is 1. The van der Waals surface area contributed by atoms with Gasteiger partial charge in [0.1, 0.15) is 5.82 Å². The molecule has 0 aromatic carbocycles. The molecule has 2 aromatic rings. The minimum atomic E-state index is 0.535. The summed E-state index contributed by atoms with van der Waals surface area (Å²) in [4.78, 5) is 6.97. The highest BCUT2D eigenvalue weighted by atomic mass is 79.9. The van der Waals surface area contributed by atoms with Crippen LogP contribution in [0.1, 0.15) is 0 Å². The predicted molar refractivity (Wildman–Crippen MR) is 48.2 cm³/mol. The number of H-pyrrole nitrogens is 1. The Morgan fingerprint density at radius 1 is 1.55 bits per heavy atom. The number of rotatable bonds is 0. The third-order valence-corrected chi connectivity index (χ3v) is 2.24. The average molecular weight is 212 g/mol. The molecule has 0 atom stereocenters. The van der Waals surface area contributed by atoms with Crippen LogP contribution in [0.3, 0.4) is 0 Å². The molecule has 2 aromatic heterocycles. The first-order valence-electron chi connectivity index (χ1n) is 3.16. The van der Waals surface area contributed by atoms with E-state index < -0.39 is 0 Å². The summed E-state index contributed by atoms with van der Waals surface area (Å²) >= 11 is 3.39. The number of nitrogens with zero attached hydrogens (tertiary/aromatic N) is 1. The van der Waals surface area contributed by atoms with Crippen molar-refractivity contribution in [1.29, 1.82) is 0 Å². The van der Waals surface area contributed by atoms with Crippen molar-refractivity contribution in [2.24, 2.45) is 0 Å². The SMILES string of the molecule is Nc1nccc2c(Br)c[nH]c12. The lowest BCUT2D eigenvalue weighted by molar-refractivity contribution is 1.34. The Balaban J connectivity index is 2.94. The highest BCUT2D eigenvalue weighted by Gasteiger charge is 2.02. The van der Waals surface area contributed by atoms with Gasteiger partial charge >= 0.3 is 0 Å². The Morgan fingerprint density at radius 3 is 3.09 bits per heavy atom. The van der Waals surface area contributed by atoms with Gasteiger partial charge in [-0.15, -0.1) is 0 Å². The molecule has 0 saturated carbocycles. The van der Waals surface area contributed by atoms with Gasteiger partial charge in [-0.2, -0.15) is 0 Å². The average Bonchev–Trinajstić information content (AvgIpc) is 2.35. The van der Waals surface area contributed by atoms with Crippen LogP contribution >= 0.6 is 15.9 Å². The van der Waals surface area contributed by atoms with E-state index in [9.17, 15) is 0 Å². The van der Waals surface area contributed by atoms with Gasteiger partial charge in [-0.3, -0.25) is 0 Å². The number of nitrogens with one attached hydrogen (secondary N) is 1. The molecule has 0 radical (unpaired) electrons. The van der Waals surface area contributed by atoms with Crippen molar-refractivity contribution in [2.75, 3.05) is 5.73 Å². The highest BCUT2D eigenvalue weighted by molar-refractivity contribution is 9.10. The molecule has 3 nitrogen and oxygen atoms in total. The first kappa shape index (κ1) is 6.67. The molecular formula is C7H6BrN3. The van der Waals surface area contributed by atoms with Gasteiger partial charge in [-0.05, 0) is 22.0 Å². The van der Waals surface area contributed by atoms with Crippen molar-refractivity contribution < 1.29 is 0 Å². The molecule has 2 rings (SSSR count). The van der Waals surface area contributed by atoms with Gasteiger partial charge < -0.3 is 10.7 Å². The lowest BCUT2D eigenvalue weighted by Crippen LogP contribution is -1.89. The van der Waals surface area contributed by atoms with Crippen molar-refractivity contribution in [3.63, 3.8) is 0 Å². The van der Waals surface area contributed by atoms with Gasteiger partial charge in [0.25, 0.3) is 0 Å². The van der Waals surface area contributed by atoms with Gasteiger partial charge in [0.15, 0.2) is 0 Å². The molecule has 0 aliphatic heterocycles. The molecule has 56 valence electrons. The van der Waals surface area contributed by atoms with Crippen LogP contribution in [0.5, 0.6) is 0 Å². The number of fused-ring (bicyclic) bond motifs is 1. The van der Waals surface area contributed by atoms with Crippen molar-refractivity contribution in [2.45, 2.75) is 0 Å². The maximum atomic E-state index is 5.61. The fraction of sp³-hybridized carbons (Fsp3) is 0. The van der Waals surface area contributed by atoms with E-state index in [4.69, 9.17) is 5.73 Å². The minimum Gasteiger partial charge on any atom is -0.382 e. The third-order valence-electron chi connectivity index (χ3n) is 1.58. The second-order valence-electron chi connectivity index (χ2n) is 2.26. The summed E-state index contributed by atoms with van der Waals surface area (Å²) in [6.45, 7) is 0. The molecule has 4 heteroatoms. The zero-order valence-corrected chi connectivity index (χ0v) is 7.22. The molecule has 0 amide bonds. The van der Waals surface area contributed by atoms with E-state index in [0.717, 1.165) is 15.4 Å². The molecule has 0 saturated heterocycles. The molecule has 0 aliphatic carbocycles. The van der Waals surface area contributed by atoms with Crippen molar-refractivity contribution in [3.05, 3.63) is 22.9 Å². The van der Waals surface area contributed by atoms with Crippen LogP contribution in [0.4, 0.5) is 5.82 Å². The van der Waals surface area contributed by atoms with Crippen LogP contribution in [-0.2, 0) is 0 Å². The van der Waals surface area contributed by atoms with Crippen LogP contribution in [0.2, 0.25) is 0 Å². The zero-order valence-electron chi connectivity index (χ0n) is 5.63. The molecule has 11 heavy (non-hydrogen) atoms. The van der Waals surface area contributed by atoms with E-state index in [1.54, 1.807) is 6.20 Å². The normalized spacial score (nSPS) is 10.6. The highest BCUT2D eigenvalue weighted by Crippen LogP contribution is 2.25. The molecule has 3 N–H and O–H groups in total. The summed E-state index contributed by atoms with van der Waals surface area (Å²) in [7, 11) is 0. The first-order chi connectivity index (χ1) is 5.29. The van der Waals surface area contributed by atoms with E-state index in [2.05, 4.69) is 25.9 Å². The van der Waals surface area contributed by atoms with Crippen LogP contribution in [0.15, 0.2) is 22.9 Å². The molecular weight excluding hydrogens is 206 g/mol. The first-order valence-corrected chi connectivity index (χ1v) is 3.95. The van der Waals surface area contributed by atoms with Crippen LogP contribution in [0, 0.1) is 0 Å². The van der Waals surface area contributed by atoms with Gasteiger partial charge in [0.2, 0.25) is 0 Å². The standard InChI is InChI=1S/C7H6BrN3/c8-5-3-11-6-4(5)1-2-10-7(6)9/h1-3,11H,(H2,9,10). The number of anilines is 1.